The highest BCUT2D eigenvalue weighted by atomic mass is 127. The van der Waals surface area contributed by atoms with Gasteiger partial charge in [0.15, 0.2) is 5.78 Å². The molecule has 72 valence electrons. The molecule has 1 aromatic heterocycles. The Balaban J connectivity index is 2.54. The molecular formula is C7H11IN4O. The molecule has 0 aromatic carbocycles. The van der Waals surface area contributed by atoms with Crippen LogP contribution in [-0.2, 0) is 11.2 Å². The molecule has 0 saturated heterocycles. The van der Waals surface area contributed by atoms with Crippen LogP contribution in [0.25, 0.3) is 0 Å². The molecule has 0 radical (unpaired) electrons. The maximum atomic E-state index is 11.2. The highest BCUT2D eigenvalue weighted by molar-refractivity contribution is 14.1. The molecule has 0 fully saturated rings. The Bertz CT molecular complexity index is 261. The largest absolute Gasteiger partial charge is 0.348 e. The summed E-state index contributed by atoms with van der Waals surface area (Å²) in [5.41, 5.74) is 6.19. The number of nitrogens with two attached hydrogens (primary N) is 1. The zero-order valence-corrected chi connectivity index (χ0v) is 9.11. The number of carbonyl (C=O) groups excluding carboxylic acids is 1. The maximum absolute atomic E-state index is 11.2. The van der Waals surface area contributed by atoms with E-state index in [0.29, 0.717) is 6.42 Å². The lowest BCUT2D eigenvalue weighted by Crippen LogP contribution is -2.37. The van der Waals surface area contributed by atoms with Crippen LogP contribution in [0.15, 0.2) is 12.5 Å². The number of rotatable bonds is 5. The Morgan fingerprint density at radius 3 is 3.08 bits per heavy atom. The van der Waals surface area contributed by atoms with E-state index in [4.69, 9.17) is 5.73 Å². The van der Waals surface area contributed by atoms with Crippen molar-refractivity contribution < 1.29 is 4.79 Å². The standard InChI is InChI=1S/C7H11IN4O/c8-12-6(7(13)2-9)1-5-3-10-4-11-5/h3-4,6,12H,1-2,9H2,(H,10,11)/t6-/m0/s1. The van der Waals surface area contributed by atoms with E-state index in [2.05, 4.69) is 13.5 Å². The molecule has 13 heavy (non-hydrogen) atoms. The van der Waals surface area contributed by atoms with Crippen molar-refractivity contribution in [2.75, 3.05) is 6.54 Å². The van der Waals surface area contributed by atoms with Crippen molar-refractivity contribution >= 4 is 28.6 Å². The van der Waals surface area contributed by atoms with Gasteiger partial charge in [0.05, 0.1) is 18.9 Å². The topological polar surface area (TPSA) is 83.8 Å². The van der Waals surface area contributed by atoms with Gasteiger partial charge in [-0.3, -0.25) is 8.32 Å². The molecular weight excluding hydrogens is 283 g/mol. The molecule has 0 unspecified atom stereocenters. The zero-order chi connectivity index (χ0) is 9.68. The molecule has 0 aliphatic heterocycles. The third-order valence-corrected chi connectivity index (χ3v) is 2.45. The summed E-state index contributed by atoms with van der Waals surface area (Å²) in [4.78, 5) is 18.0. The number of imidazole rings is 1. The number of nitrogens with one attached hydrogen (secondary N) is 2. The summed E-state index contributed by atoms with van der Waals surface area (Å²) >= 11 is 1.95. The Kier molecular flexibility index (Phi) is 4.33. The van der Waals surface area contributed by atoms with Gasteiger partial charge in [-0.25, -0.2) is 4.98 Å². The normalized spacial score (nSPS) is 12.8. The summed E-state index contributed by atoms with van der Waals surface area (Å²) in [5.74, 6) is 0.00370. The van der Waals surface area contributed by atoms with E-state index < -0.39 is 0 Å². The molecule has 1 atom stereocenters. The van der Waals surface area contributed by atoms with Crippen molar-refractivity contribution in [1.82, 2.24) is 13.5 Å². The third kappa shape index (κ3) is 3.05. The Hall–Kier alpha value is -0.470. The summed E-state index contributed by atoms with van der Waals surface area (Å²) in [6.45, 7) is 0.0643. The van der Waals surface area contributed by atoms with Crippen LogP contribution in [0, 0.1) is 0 Å². The van der Waals surface area contributed by atoms with E-state index >= 15 is 0 Å². The van der Waals surface area contributed by atoms with Gasteiger partial charge in [0.25, 0.3) is 0 Å². The van der Waals surface area contributed by atoms with Gasteiger partial charge >= 0.3 is 0 Å². The van der Waals surface area contributed by atoms with Gasteiger partial charge in [-0.15, -0.1) is 0 Å². The van der Waals surface area contributed by atoms with Crippen molar-refractivity contribution in [2.45, 2.75) is 12.5 Å². The van der Waals surface area contributed by atoms with E-state index in [0.717, 1.165) is 5.69 Å². The van der Waals surface area contributed by atoms with Crippen LogP contribution in [0.3, 0.4) is 0 Å². The number of aromatic nitrogens is 2. The second-order valence-corrected chi connectivity index (χ2v) is 3.24. The van der Waals surface area contributed by atoms with E-state index in [-0.39, 0.29) is 18.4 Å². The van der Waals surface area contributed by atoms with E-state index in [1.165, 1.54) is 0 Å². The first-order chi connectivity index (χ1) is 6.27. The van der Waals surface area contributed by atoms with Crippen molar-refractivity contribution in [3.8, 4) is 0 Å². The van der Waals surface area contributed by atoms with Crippen molar-refractivity contribution in [3.63, 3.8) is 0 Å². The Labute approximate surface area is 90.0 Å². The fourth-order valence-electron chi connectivity index (χ4n) is 0.972. The second-order valence-electron chi connectivity index (χ2n) is 2.61. The lowest BCUT2D eigenvalue weighted by Gasteiger charge is -2.10. The molecule has 6 heteroatoms. The molecule has 4 N–H and O–H groups in total. The number of ketones is 1. The van der Waals surface area contributed by atoms with Crippen molar-refractivity contribution in [2.24, 2.45) is 5.73 Å². The van der Waals surface area contributed by atoms with Crippen molar-refractivity contribution in [3.05, 3.63) is 18.2 Å². The fraction of sp³-hybridized carbons (Fsp3) is 0.429. The Morgan fingerprint density at radius 2 is 2.62 bits per heavy atom. The summed E-state index contributed by atoms with van der Waals surface area (Å²) < 4.78 is 2.88. The van der Waals surface area contributed by atoms with Crippen LogP contribution >= 0.6 is 22.9 Å². The van der Waals surface area contributed by atoms with Gasteiger partial charge < -0.3 is 10.7 Å². The minimum absolute atomic E-state index is 0.00370. The minimum atomic E-state index is -0.231. The zero-order valence-electron chi connectivity index (χ0n) is 6.96. The molecule has 0 saturated carbocycles. The molecule has 0 spiro atoms. The number of aromatic amines is 1. The number of hydrogen-bond acceptors (Lipinski definition) is 4. The number of Topliss-reactive ketones (excluding diaryl/α,β-unsaturated/α-hetero) is 1. The highest BCUT2D eigenvalue weighted by Crippen LogP contribution is 2.00. The first kappa shape index (κ1) is 10.6. The van der Waals surface area contributed by atoms with Crippen LogP contribution in [-0.4, -0.2) is 28.3 Å². The van der Waals surface area contributed by atoms with Crippen molar-refractivity contribution in [1.29, 1.82) is 0 Å². The maximum Gasteiger partial charge on any atom is 0.164 e. The molecule has 0 bridgehead atoms. The summed E-state index contributed by atoms with van der Waals surface area (Å²) in [6.07, 6.45) is 3.89. The van der Waals surface area contributed by atoms with Crippen LogP contribution in [0.2, 0.25) is 0 Å². The minimum Gasteiger partial charge on any atom is -0.348 e. The van der Waals surface area contributed by atoms with Crippen LogP contribution in [0.4, 0.5) is 0 Å². The summed E-state index contributed by atoms with van der Waals surface area (Å²) in [7, 11) is 0. The van der Waals surface area contributed by atoms with Gasteiger partial charge in [0.1, 0.15) is 0 Å². The smallest absolute Gasteiger partial charge is 0.164 e. The molecule has 1 heterocycles. The molecule has 1 rings (SSSR count). The van der Waals surface area contributed by atoms with Gasteiger partial charge in [0.2, 0.25) is 0 Å². The summed E-state index contributed by atoms with van der Waals surface area (Å²) in [6, 6.07) is -0.231. The van der Waals surface area contributed by atoms with Crippen LogP contribution in [0.1, 0.15) is 5.69 Å². The van der Waals surface area contributed by atoms with Crippen LogP contribution in [0.5, 0.6) is 0 Å². The van der Waals surface area contributed by atoms with E-state index in [9.17, 15) is 4.79 Å². The lowest BCUT2D eigenvalue weighted by molar-refractivity contribution is -0.119. The SMILES string of the molecule is NCC(=O)[C@H](Cc1cnc[nH]1)NI. The van der Waals surface area contributed by atoms with Gasteiger partial charge in [0, 0.05) is 41.2 Å². The number of hydrogen-bond donors (Lipinski definition) is 3. The number of carbonyl (C=O) groups is 1. The Morgan fingerprint density at radius 1 is 1.85 bits per heavy atom. The van der Waals surface area contributed by atoms with Gasteiger partial charge in [-0.1, -0.05) is 0 Å². The van der Waals surface area contributed by atoms with E-state index in [1.54, 1.807) is 12.5 Å². The molecule has 0 aliphatic carbocycles. The second kappa shape index (κ2) is 5.30. The number of halogens is 1. The number of nitrogens with zero attached hydrogens (tertiary/aromatic N) is 1. The summed E-state index contributed by atoms with van der Waals surface area (Å²) in [5, 5.41) is 0. The molecule has 0 aliphatic rings. The lowest BCUT2D eigenvalue weighted by atomic mass is 10.1. The molecule has 1 aromatic rings. The quantitative estimate of drug-likeness (QED) is 0.518. The predicted molar refractivity (Wildman–Crippen MR) is 57.3 cm³/mol. The first-order valence-electron chi connectivity index (χ1n) is 3.84. The fourth-order valence-corrected chi connectivity index (χ4v) is 1.54. The average Bonchev–Trinajstić information content (AvgIpc) is 2.65. The highest BCUT2D eigenvalue weighted by Gasteiger charge is 2.16. The molecule has 5 nitrogen and oxygen atoms in total. The molecule has 0 amide bonds. The van der Waals surface area contributed by atoms with Gasteiger partial charge in [-0.2, -0.15) is 0 Å². The third-order valence-electron chi connectivity index (χ3n) is 1.70. The van der Waals surface area contributed by atoms with E-state index in [1.807, 2.05) is 22.9 Å². The average molecular weight is 294 g/mol. The van der Waals surface area contributed by atoms with Crippen LogP contribution < -0.4 is 9.26 Å². The first-order valence-corrected chi connectivity index (χ1v) is 4.92. The van der Waals surface area contributed by atoms with Gasteiger partial charge in [-0.05, 0) is 0 Å². The number of H-pyrrole nitrogens is 1. The predicted octanol–water partition coefficient (Wildman–Crippen LogP) is -0.212. The monoisotopic (exact) mass is 294 g/mol.